The minimum atomic E-state index is -0.172. The van der Waals surface area contributed by atoms with Gasteiger partial charge in [-0.05, 0) is 29.0 Å². The molecule has 0 saturated heterocycles. The summed E-state index contributed by atoms with van der Waals surface area (Å²) in [5.74, 6) is 0.179. The zero-order chi connectivity index (χ0) is 11.7. The Morgan fingerprint density at radius 2 is 2.18 bits per heavy atom. The van der Waals surface area contributed by atoms with E-state index >= 15 is 0 Å². The summed E-state index contributed by atoms with van der Waals surface area (Å²) in [5.41, 5.74) is 3.24. The Hall–Kier alpha value is -1.45. The lowest BCUT2D eigenvalue weighted by atomic mass is 9.90. The van der Waals surface area contributed by atoms with Gasteiger partial charge in [0.15, 0.2) is 5.78 Å². The lowest BCUT2D eigenvalue weighted by Crippen LogP contribution is -2.35. The molecule has 0 radical (unpaired) electrons. The van der Waals surface area contributed by atoms with Crippen molar-refractivity contribution in [3.05, 3.63) is 57.8 Å². The van der Waals surface area contributed by atoms with Crippen molar-refractivity contribution in [3.63, 3.8) is 0 Å². The van der Waals surface area contributed by atoms with E-state index in [0.717, 1.165) is 24.1 Å². The Morgan fingerprint density at radius 1 is 1.29 bits per heavy atom. The monoisotopic (exact) mass is 243 g/mol. The van der Waals surface area contributed by atoms with Crippen molar-refractivity contribution < 1.29 is 4.79 Å². The maximum absolute atomic E-state index is 12.4. The second-order valence-corrected chi connectivity index (χ2v) is 4.99. The van der Waals surface area contributed by atoms with Crippen LogP contribution in [0, 0.1) is 0 Å². The number of hydrogen-bond acceptors (Lipinski definition) is 3. The Labute approximate surface area is 104 Å². The molecule has 0 saturated carbocycles. The van der Waals surface area contributed by atoms with E-state index < -0.39 is 0 Å². The first-order valence-electron chi connectivity index (χ1n) is 5.74. The van der Waals surface area contributed by atoms with Crippen LogP contribution in [0.1, 0.15) is 27.5 Å². The zero-order valence-corrected chi connectivity index (χ0v) is 10.2. The first-order valence-corrected chi connectivity index (χ1v) is 6.68. The summed E-state index contributed by atoms with van der Waals surface area (Å²) in [7, 11) is 0. The van der Waals surface area contributed by atoms with Gasteiger partial charge in [-0.3, -0.25) is 4.79 Å². The standard InChI is InChI=1S/C14H13NOS/c16-14(11-6-8-17-9-11)13-12-4-2-1-3-10(12)5-7-15-13/h1-4,6,8-9,13,15H,5,7H2. The molecule has 86 valence electrons. The van der Waals surface area contributed by atoms with E-state index in [0.29, 0.717) is 0 Å². The van der Waals surface area contributed by atoms with E-state index in [1.807, 2.05) is 29.0 Å². The van der Waals surface area contributed by atoms with Crippen LogP contribution < -0.4 is 5.32 Å². The van der Waals surface area contributed by atoms with Gasteiger partial charge in [0.1, 0.15) is 0 Å². The number of Topliss-reactive ketones (excluding diaryl/α,β-unsaturated/α-hetero) is 1. The molecule has 0 spiro atoms. The molecule has 1 atom stereocenters. The highest BCUT2D eigenvalue weighted by molar-refractivity contribution is 7.08. The lowest BCUT2D eigenvalue weighted by molar-refractivity contribution is 0.0940. The van der Waals surface area contributed by atoms with Gasteiger partial charge < -0.3 is 5.32 Å². The Balaban J connectivity index is 1.98. The highest BCUT2D eigenvalue weighted by Gasteiger charge is 2.26. The molecule has 2 heterocycles. The molecule has 1 aromatic heterocycles. The number of benzene rings is 1. The van der Waals surface area contributed by atoms with Gasteiger partial charge in [-0.25, -0.2) is 0 Å². The van der Waals surface area contributed by atoms with Crippen molar-refractivity contribution in [2.75, 3.05) is 6.54 Å². The van der Waals surface area contributed by atoms with Gasteiger partial charge in [-0.15, -0.1) is 0 Å². The second-order valence-electron chi connectivity index (χ2n) is 4.21. The van der Waals surface area contributed by atoms with Crippen molar-refractivity contribution in [1.29, 1.82) is 0 Å². The maximum Gasteiger partial charge on any atom is 0.185 e. The maximum atomic E-state index is 12.4. The summed E-state index contributed by atoms with van der Waals surface area (Å²) in [4.78, 5) is 12.4. The normalized spacial score (nSPS) is 18.7. The number of ketones is 1. The van der Waals surface area contributed by atoms with Crippen LogP contribution in [-0.2, 0) is 6.42 Å². The van der Waals surface area contributed by atoms with E-state index in [2.05, 4.69) is 17.4 Å². The summed E-state index contributed by atoms with van der Waals surface area (Å²) >= 11 is 1.56. The molecular weight excluding hydrogens is 230 g/mol. The molecule has 3 rings (SSSR count). The molecule has 2 nitrogen and oxygen atoms in total. The quantitative estimate of drug-likeness (QED) is 0.822. The number of carbonyl (C=O) groups excluding carboxylic acids is 1. The Kier molecular flexibility index (Phi) is 2.79. The van der Waals surface area contributed by atoms with E-state index in [9.17, 15) is 4.79 Å². The van der Waals surface area contributed by atoms with Crippen molar-refractivity contribution in [1.82, 2.24) is 5.32 Å². The summed E-state index contributed by atoms with van der Waals surface area (Å²) in [6, 6.07) is 9.93. The van der Waals surface area contributed by atoms with Crippen molar-refractivity contribution >= 4 is 17.1 Å². The van der Waals surface area contributed by atoms with Crippen LogP contribution in [0.4, 0.5) is 0 Å². The number of hydrogen-bond donors (Lipinski definition) is 1. The second kappa shape index (κ2) is 4.43. The number of thiophene rings is 1. The van der Waals surface area contributed by atoms with Gasteiger partial charge in [0.05, 0.1) is 6.04 Å². The summed E-state index contributed by atoms with van der Waals surface area (Å²) in [5, 5.41) is 7.18. The Morgan fingerprint density at radius 3 is 3.00 bits per heavy atom. The molecule has 1 aliphatic rings. The third-order valence-corrected chi connectivity index (χ3v) is 3.86. The van der Waals surface area contributed by atoms with Crippen molar-refractivity contribution in [2.24, 2.45) is 0 Å². The van der Waals surface area contributed by atoms with Crippen LogP contribution in [0.5, 0.6) is 0 Å². The molecule has 3 heteroatoms. The van der Waals surface area contributed by atoms with Gasteiger partial charge in [0, 0.05) is 17.5 Å². The van der Waals surface area contributed by atoms with Crippen LogP contribution in [0.3, 0.4) is 0 Å². The lowest BCUT2D eigenvalue weighted by Gasteiger charge is -2.25. The topological polar surface area (TPSA) is 29.1 Å². The van der Waals surface area contributed by atoms with Crippen LogP contribution in [0.15, 0.2) is 41.1 Å². The van der Waals surface area contributed by atoms with Crippen LogP contribution in [-0.4, -0.2) is 12.3 Å². The molecule has 0 bridgehead atoms. The zero-order valence-electron chi connectivity index (χ0n) is 9.35. The molecule has 1 aromatic carbocycles. The molecule has 0 amide bonds. The van der Waals surface area contributed by atoms with E-state index in [4.69, 9.17) is 0 Å². The fourth-order valence-electron chi connectivity index (χ4n) is 2.31. The van der Waals surface area contributed by atoms with Gasteiger partial charge in [-0.2, -0.15) is 11.3 Å². The molecular formula is C14H13NOS. The average Bonchev–Trinajstić information content (AvgIpc) is 2.91. The predicted octanol–water partition coefficient (Wildman–Crippen LogP) is 2.82. The van der Waals surface area contributed by atoms with Crippen LogP contribution >= 0.6 is 11.3 Å². The first-order chi connectivity index (χ1) is 8.36. The van der Waals surface area contributed by atoms with E-state index in [1.165, 1.54) is 5.56 Å². The number of fused-ring (bicyclic) bond motifs is 1. The summed E-state index contributed by atoms with van der Waals surface area (Å²) in [6.07, 6.45) is 1.00. The Bertz CT molecular complexity index is 533. The molecule has 0 aliphatic carbocycles. The van der Waals surface area contributed by atoms with Crippen LogP contribution in [0.2, 0.25) is 0 Å². The predicted molar refractivity (Wildman–Crippen MR) is 69.5 cm³/mol. The average molecular weight is 243 g/mol. The summed E-state index contributed by atoms with van der Waals surface area (Å²) in [6.45, 7) is 0.873. The molecule has 2 aromatic rings. The fraction of sp³-hybridized carbons (Fsp3) is 0.214. The highest BCUT2D eigenvalue weighted by Crippen LogP contribution is 2.26. The third kappa shape index (κ3) is 1.92. The minimum absolute atomic E-state index is 0.172. The summed E-state index contributed by atoms with van der Waals surface area (Å²) < 4.78 is 0. The SMILES string of the molecule is O=C(c1ccsc1)C1NCCc2ccccc21. The van der Waals surface area contributed by atoms with Gasteiger partial charge in [-0.1, -0.05) is 24.3 Å². The van der Waals surface area contributed by atoms with Crippen molar-refractivity contribution in [3.8, 4) is 0 Å². The number of rotatable bonds is 2. The number of carbonyl (C=O) groups is 1. The van der Waals surface area contributed by atoms with Gasteiger partial charge in [0.25, 0.3) is 0 Å². The van der Waals surface area contributed by atoms with E-state index in [-0.39, 0.29) is 11.8 Å². The van der Waals surface area contributed by atoms with E-state index in [1.54, 1.807) is 11.3 Å². The van der Waals surface area contributed by atoms with Crippen molar-refractivity contribution in [2.45, 2.75) is 12.5 Å². The molecule has 1 unspecified atom stereocenters. The van der Waals surface area contributed by atoms with Crippen LogP contribution in [0.25, 0.3) is 0 Å². The molecule has 0 fully saturated rings. The molecule has 1 aliphatic heterocycles. The smallest absolute Gasteiger partial charge is 0.185 e. The van der Waals surface area contributed by atoms with Gasteiger partial charge >= 0.3 is 0 Å². The first kappa shape index (κ1) is 10.7. The van der Waals surface area contributed by atoms with Gasteiger partial charge in [0.2, 0.25) is 0 Å². The highest BCUT2D eigenvalue weighted by atomic mass is 32.1. The largest absolute Gasteiger partial charge is 0.303 e. The molecule has 1 N–H and O–H groups in total. The molecule has 17 heavy (non-hydrogen) atoms. The third-order valence-electron chi connectivity index (χ3n) is 3.18. The number of nitrogens with one attached hydrogen (secondary N) is 1. The minimum Gasteiger partial charge on any atom is -0.303 e. The fourth-order valence-corrected chi connectivity index (χ4v) is 2.95.